The van der Waals surface area contributed by atoms with E-state index in [9.17, 15) is 24.4 Å². The van der Waals surface area contributed by atoms with E-state index >= 15 is 0 Å². The van der Waals surface area contributed by atoms with Crippen LogP contribution in [-0.2, 0) is 27.2 Å². The van der Waals surface area contributed by atoms with E-state index < -0.39 is 23.2 Å². The molecule has 3 fully saturated rings. The quantitative estimate of drug-likeness (QED) is 0.116. The van der Waals surface area contributed by atoms with E-state index in [1.807, 2.05) is 26.0 Å². The summed E-state index contributed by atoms with van der Waals surface area (Å²) in [6.45, 7) is 5.81. The van der Waals surface area contributed by atoms with Crippen molar-refractivity contribution < 1.29 is 24.4 Å². The van der Waals surface area contributed by atoms with Crippen LogP contribution in [0.25, 0.3) is 0 Å². The van der Waals surface area contributed by atoms with Crippen LogP contribution in [0.15, 0.2) is 35.1 Å². The Labute approximate surface area is 271 Å². The first kappa shape index (κ1) is 31.6. The molecule has 2 saturated carbocycles. The Morgan fingerprint density at radius 2 is 1.83 bits per heavy atom. The van der Waals surface area contributed by atoms with Crippen LogP contribution in [0.3, 0.4) is 0 Å². The number of oxime groups is 1. The lowest BCUT2D eigenvalue weighted by Gasteiger charge is -2.36. The van der Waals surface area contributed by atoms with Gasteiger partial charge in [-0.1, -0.05) is 25.1 Å². The van der Waals surface area contributed by atoms with Crippen molar-refractivity contribution in [2.24, 2.45) is 28.8 Å². The van der Waals surface area contributed by atoms with E-state index in [4.69, 9.17) is 5.41 Å². The molecule has 1 unspecified atom stereocenters. The van der Waals surface area contributed by atoms with E-state index in [1.54, 1.807) is 22.7 Å². The van der Waals surface area contributed by atoms with Gasteiger partial charge in [0.2, 0.25) is 5.91 Å². The molecule has 4 aliphatic rings. The molecule has 244 valence electrons. The Kier molecular flexibility index (Phi) is 8.57. The van der Waals surface area contributed by atoms with Gasteiger partial charge in [-0.3, -0.25) is 19.4 Å². The Morgan fingerprint density at radius 3 is 2.39 bits per heavy atom. The van der Waals surface area contributed by atoms with Crippen LogP contribution < -0.4 is 21.3 Å². The minimum Gasteiger partial charge on any atom is -0.410 e. The maximum atomic E-state index is 14.0. The molecule has 6 N–H and O–H groups in total. The molecular formula is C32H40N8O5S. The number of nitrogens with zero attached hydrogens (tertiary/aromatic N) is 3. The Hall–Kier alpha value is -4.33. The van der Waals surface area contributed by atoms with Gasteiger partial charge in [0.25, 0.3) is 11.8 Å². The summed E-state index contributed by atoms with van der Waals surface area (Å²) in [6.07, 6.45) is 6.09. The second-order valence-corrected chi connectivity index (χ2v) is 14.3. The van der Waals surface area contributed by atoms with Crippen LogP contribution in [0, 0.1) is 29.1 Å². The predicted octanol–water partition coefficient (Wildman–Crippen LogP) is 3.40. The fraction of sp³-hybridized carbons (Fsp3) is 0.531. The maximum Gasteiger partial charge on any atom is 0.318 e. The smallest absolute Gasteiger partial charge is 0.318 e. The highest BCUT2D eigenvalue weighted by molar-refractivity contribution is 7.14. The van der Waals surface area contributed by atoms with Crippen molar-refractivity contribution in [1.82, 2.24) is 20.5 Å². The Morgan fingerprint density at radius 1 is 1.13 bits per heavy atom. The topological polar surface area (TPSA) is 189 Å². The number of hydrogen-bond donors (Lipinski definition) is 6. The van der Waals surface area contributed by atoms with Gasteiger partial charge in [0.05, 0.1) is 23.5 Å². The molecule has 0 spiro atoms. The van der Waals surface area contributed by atoms with Crippen molar-refractivity contribution in [1.29, 1.82) is 5.41 Å². The van der Waals surface area contributed by atoms with Crippen molar-refractivity contribution in [2.45, 2.75) is 76.9 Å². The molecule has 1 saturated heterocycles. The van der Waals surface area contributed by atoms with Gasteiger partial charge in [0.15, 0.2) is 5.71 Å². The van der Waals surface area contributed by atoms with Crippen molar-refractivity contribution in [3.63, 3.8) is 0 Å². The molecule has 2 heterocycles. The SMILES string of the molecule is CC(=N)/C(=N\O)C(=O)N[C@H](C(=O)Nc1ccc2c(c1)CC(C(=O)Nc1cncs1)(N1C[C@@H](C(C)C)NC1=O)C2)C(C1CC1)C1CC1. The highest BCUT2D eigenvalue weighted by atomic mass is 32.1. The van der Waals surface area contributed by atoms with Gasteiger partial charge in [-0.25, -0.2) is 4.79 Å². The largest absolute Gasteiger partial charge is 0.410 e. The van der Waals surface area contributed by atoms with Crippen LogP contribution in [-0.4, -0.2) is 74.4 Å². The summed E-state index contributed by atoms with van der Waals surface area (Å²) < 4.78 is 0. The third kappa shape index (κ3) is 6.22. The third-order valence-corrected chi connectivity index (χ3v) is 10.4. The molecule has 6 rings (SSSR count). The predicted molar refractivity (Wildman–Crippen MR) is 173 cm³/mol. The molecule has 13 nitrogen and oxygen atoms in total. The molecule has 2 aromatic rings. The summed E-state index contributed by atoms with van der Waals surface area (Å²) in [5.41, 5.74) is 2.08. The summed E-state index contributed by atoms with van der Waals surface area (Å²) in [7, 11) is 0. The fourth-order valence-electron chi connectivity index (χ4n) is 6.97. The number of carbonyl (C=O) groups is 4. The van der Waals surface area contributed by atoms with Crippen LogP contribution in [0.1, 0.15) is 57.6 Å². The average Bonchev–Trinajstić information content (AvgIpc) is 3.89. The van der Waals surface area contributed by atoms with Gasteiger partial charge in [-0.05, 0) is 79.5 Å². The molecule has 46 heavy (non-hydrogen) atoms. The number of hydrogen-bond acceptors (Lipinski definition) is 9. The summed E-state index contributed by atoms with van der Waals surface area (Å²) >= 11 is 1.30. The lowest BCUT2D eigenvalue weighted by atomic mass is 9.88. The summed E-state index contributed by atoms with van der Waals surface area (Å²) in [4.78, 5) is 59.9. The first-order valence-corrected chi connectivity index (χ1v) is 16.7. The Balaban J connectivity index is 1.25. The monoisotopic (exact) mass is 648 g/mol. The van der Waals surface area contributed by atoms with E-state index in [0.717, 1.165) is 36.8 Å². The van der Waals surface area contributed by atoms with Crippen molar-refractivity contribution in [2.75, 3.05) is 17.2 Å². The molecule has 0 bridgehead atoms. The minimum absolute atomic E-state index is 0.0602. The number of amides is 5. The number of thiazole rings is 1. The maximum absolute atomic E-state index is 14.0. The number of rotatable bonds is 12. The second kappa shape index (κ2) is 12.5. The van der Waals surface area contributed by atoms with Gasteiger partial charge in [-0.2, -0.15) is 0 Å². The molecule has 5 amide bonds. The molecular weight excluding hydrogens is 608 g/mol. The van der Waals surface area contributed by atoms with Crippen molar-refractivity contribution >= 4 is 57.2 Å². The van der Waals surface area contributed by atoms with Gasteiger partial charge < -0.3 is 36.8 Å². The number of nitrogens with one attached hydrogen (secondary N) is 5. The average molecular weight is 649 g/mol. The zero-order chi connectivity index (χ0) is 32.7. The first-order chi connectivity index (χ1) is 22.0. The molecule has 0 radical (unpaired) electrons. The summed E-state index contributed by atoms with van der Waals surface area (Å²) in [5.74, 6) is -0.683. The summed E-state index contributed by atoms with van der Waals surface area (Å²) in [5, 5.41) is 32.5. The lowest BCUT2D eigenvalue weighted by Crippen LogP contribution is -2.59. The van der Waals surface area contributed by atoms with Gasteiger partial charge in [-0.15, -0.1) is 11.3 Å². The molecule has 1 aromatic heterocycles. The van der Waals surface area contributed by atoms with E-state index in [2.05, 4.69) is 31.4 Å². The van der Waals surface area contributed by atoms with Gasteiger partial charge in [0, 0.05) is 25.1 Å². The third-order valence-electron chi connectivity index (χ3n) is 9.74. The highest BCUT2D eigenvalue weighted by Crippen LogP contribution is 2.51. The Bertz CT molecular complexity index is 1570. The van der Waals surface area contributed by atoms with Crippen LogP contribution in [0.4, 0.5) is 15.5 Å². The number of anilines is 2. The molecule has 3 aliphatic carbocycles. The van der Waals surface area contributed by atoms with E-state index in [0.29, 0.717) is 35.5 Å². The van der Waals surface area contributed by atoms with Gasteiger partial charge >= 0.3 is 6.03 Å². The standard InChI is InChI=1S/C32H40N8O5S/c1-16(2)23-14-40(31(44)36-23)32(30(43)37-24-13-34-15-46-24)11-20-8-9-22(10-21(20)12-32)35-29(42)27(25(18-4-5-18)19-6-7-19)38-28(41)26(39-45)17(3)33/h8-10,13,15-16,18-19,23,25,27,33,45H,4-7,11-12,14H2,1-3H3,(H,35,42)(H,36,44)(H,37,43)(H,38,41)/b33-17?,39-26+/t23-,27-,32?/m0/s1. The number of urea groups is 1. The lowest BCUT2D eigenvalue weighted by molar-refractivity contribution is -0.125. The number of fused-ring (bicyclic) bond motifs is 1. The number of carbonyl (C=O) groups excluding carboxylic acids is 4. The number of benzene rings is 1. The molecule has 14 heteroatoms. The second-order valence-electron chi connectivity index (χ2n) is 13.4. The molecule has 3 atom stereocenters. The van der Waals surface area contributed by atoms with Crippen LogP contribution in [0.5, 0.6) is 0 Å². The summed E-state index contributed by atoms with van der Waals surface area (Å²) in [6, 6.07) is 4.25. The van der Waals surface area contributed by atoms with Gasteiger partial charge in [0.1, 0.15) is 16.6 Å². The zero-order valence-corrected chi connectivity index (χ0v) is 26.9. The first-order valence-electron chi connectivity index (χ1n) is 15.8. The normalized spacial score (nSPS) is 23.2. The molecule has 1 aliphatic heterocycles. The van der Waals surface area contributed by atoms with E-state index in [-0.39, 0.29) is 47.9 Å². The van der Waals surface area contributed by atoms with Crippen LogP contribution >= 0.6 is 11.3 Å². The number of aromatic nitrogens is 1. The minimum atomic E-state index is -1.17. The van der Waals surface area contributed by atoms with Crippen LogP contribution in [0.2, 0.25) is 0 Å². The fourth-order valence-corrected chi connectivity index (χ4v) is 7.48. The van der Waals surface area contributed by atoms with Crippen molar-refractivity contribution in [3.05, 3.63) is 41.0 Å². The van der Waals surface area contributed by atoms with E-state index in [1.165, 1.54) is 18.3 Å². The van der Waals surface area contributed by atoms with Crippen molar-refractivity contribution in [3.8, 4) is 0 Å². The highest BCUT2D eigenvalue weighted by Gasteiger charge is 2.54. The zero-order valence-electron chi connectivity index (χ0n) is 26.1. The molecule has 1 aromatic carbocycles.